The molecule has 1 aromatic rings. The lowest BCUT2D eigenvalue weighted by molar-refractivity contribution is -0.138. The Morgan fingerprint density at radius 1 is 1.33 bits per heavy atom. The molecule has 0 spiro atoms. The Morgan fingerprint density at radius 2 is 1.90 bits per heavy atom. The molecule has 0 saturated heterocycles. The van der Waals surface area contributed by atoms with Crippen molar-refractivity contribution in [3.63, 3.8) is 0 Å². The van der Waals surface area contributed by atoms with E-state index in [2.05, 4.69) is 0 Å². The maximum atomic E-state index is 12.7. The second-order valence-corrected chi connectivity index (χ2v) is 6.84. The van der Waals surface area contributed by atoms with Gasteiger partial charge in [-0.05, 0) is 18.2 Å². The predicted molar refractivity (Wildman–Crippen MR) is 71.4 cm³/mol. The summed E-state index contributed by atoms with van der Waals surface area (Å²) in [4.78, 5) is 12.3. The third kappa shape index (κ3) is 4.92. The van der Waals surface area contributed by atoms with E-state index in [1.54, 1.807) is 0 Å². The number of hydrogen-bond acceptors (Lipinski definition) is 4. The van der Waals surface area contributed by atoms with E-state index in [-0.39, 0.29) is 18.0 Å². The Hall–Kier alpha value is -1.77. The lowest BCUT2D eigenvalue weighted by Crippen LogP contribution is -2.25. The summed E-state index contributed by atoms with van der Waals surface area (Å²) in [6.07, 6.45) is -3.73. The molecule has 0 unspecified atom stereocenters. The quantitative estimate of drug-likeness (QED) is 0.895. The molecular weight excluding hydrogens is 311 g/mol. The molecule has 0 fully saturated rings. The number of alkyl halides is 3. The number of carboxylic acid groups (broad SMARTS) is 1. The molecular formula is C12H14F3NO4S. The van der Waals surface area contributed by atoms with Crippen molar-refractivity contribution in [1.29, 1.82) is 0 Å². The maximum absolute atomic E-state index is 12.7. The summed E-state index contributed by atoms with van der Waals surface area (Å²) in [5, 5.41) is 8.88. The molecule has 5 nitrogen and oxygen atoms in total. The minimum absolute atomic E-state index is 0.0449. The largest absolute Gasteiger partial charge is 0.478 e. The Morgan fingerprint density at radius 3 is 2.33 bits per heavy atom. The molecule has 1 N–H and O–H groups in total. The van der Waals surface area contributed by atoms with Gasteiger partial charge in [0.25, 0.3) is 0 Å². The predicted octanol–water partition coefficient (Wildman–Crippen LogP) is 1.88. The van der Waals surface area contributed by atoms with Crippen molar-refractivity contribution in [3.05, 3.63) is 29.3 Å². The molecule has 0 aromatic heterocycles. The number of rotatable bonds is 5. The standard InChI is InChI=1S/C12H14F3NO4S/c1-16(5-6-21(2,19)20)8-3-4-10(12(13,14)15)9(7-8)11(17)18/h3-4,7H,5-6H2,1-2H3,(H,17,18). The monoisotopic (exact) mass is 325 g/mol. The van der Waals surface area contributed by atoms with Crippen molar-refractivity contribution in [2.24, 2.45) is 0 Å². The van der Waals surface area contributed by atoms with Crippen LogP contribution >= 0.6 is 0 Å². The fraction of sp³-hybridized carbons (Fsp3) is 0.417. The Bertz CT molecular complexity index is 640. The average Bonchev–Trinajstić information content (AvgIpc) is 2.33. The van der Waals surface area contributed by atoms with Crippen LogP contribution in [0.4, 0.5) is 18.9 Å². The highest BCUT2D eigenvalue weighted by Gasteiger charge is 2.35. The smallest absolute Gasteiger partial charge is 0.417 e. The first kappa shape index (κ1) is 17.3. The molecule has 0 aliphatic heterocycles. The Kier molecular flexibility index (Phi) is 4.87. The van der Waals surface area contributed by atoms with Gasteiger partial charge in [-0.1, -0.05) is 0 Å². The summed E-state index contributed by atoms with van der Waals surface area (Å²) in [6.45, 7) is 0.0449. The molecule has 0 saturated carbocycles. The molecule has 0 bridgehead atoms. The molecule has 21 heavy (non-hydrogen) atoms. The van der Waals surface area contributed by atoms with Crippen LogP contribution in [0.3, 0.4) is 0 Å². The van der Waals surface area contributed by atoms with Crippen LogP contribution in [0.15, 0.2) is 18.2 Å². The molecule has 118 valence electrons. The van der Waals surface area contributed by atoms with Gasteiger partial charge in [-0.25, -0.2) is 13.2 Å². The van der Waals surface area contributed by atoms with Gasteiger partial charge in [-0.3, -0.25) is 0 Å². The van der Waals surface area contributed by atoms with Gasteiger partial charge in [0.05, 0.1) is 16.9 Å². The van der Waals surface area contributed by atoms with E-state index in [9.17, 15) is 26.4 Å². The summed E-state index contributed by atoms with van der Waals surface area (Å²) >= 11 is 0. The van der Waals surface area contributed by atoms with E-state index in [0.29, 0.717) is 6.07 Å². The van der Waals surface area contributed by atoms with Crippen LogP contribution in [0.2, 0.25) is 0 Å². The fourth-order valence-electron chi connectivity index (χ4n) is 1.63. The number of hydrogen-bond donors (Lipinski definition) is 1. The summed E-state index contributed by atoms with van der Waals surface area (Å²) in [5.74, 6) is -1.88. The van der Waals surface area contributed by atoms with Crippen molar-refractivity contribution in [3.8, 4) is 0 Å². The van der Waals surface area contributed by atoms with Gasteiger partial charge in [-0.2, -0.15) is 13.2 Å². The Balaban J connectivity index is 3.11. The van der Waals surface area contributed by atoms with Crippen molar-refractivity contribution in [2.75, 3.05) is 30.5 Å². The zero-order valence-electron chi connectivity index (χ0n) is 11.3. The normalized spacial score (nSPS) is 12.2. The van der Waals surface area contributed by atoms with Crippen LogP contribution < -0.4 is 4.90 Å². The van der Waals surface area contributed by atoms with E-state index < -0.39 is 33.1 Å². The van der Waals surface area contributed by atoms with E-state index in [1.807, 2.05) is 0 Å². The van der Waals surface area contributed by atoms with Crippen LogP contribution in [0.25, 0.3) is 0 Å². The molecule has 0 heterocycles. The van der Waals surface area contributed by atoms with E-state index in [0.717, 1.165) is 18.4 Å². The fourth-order valence-corrected chi connectivity index (χ4v) is 2.23. The van der Waals surface area contributed by atoms with Crippen LogP contribution in [-0.2, 0) is 16.0 Å². The number of aromatic carboxylic acids is 1. The van der Waals surface area contributed by atoms with Crippen LogP contribution in [0.5, 0.6) is 0 Å². The average molecular weight is 325 g/mol. The van der Waals surface area contributed by atoms with Gasteiger partial charge in [0.2, 0.25) is 0 Å². The summed E-state index contributed by atoms with van der Waals surface area (Å²) in [5.41, 5.74) is -1.91. The van der Waals surface area contributed by atoms with Gasteiger partial charge < -0.3 is 10.0 Å². The van der Waals surface area contributed by atoms with Crippen molar-refractivity contribution >= 4 is 21.5 Å². The van der Waals surface area contributed by atoms with Gasteiger partial charge in [0.15, 0.2) is 0 Å². The molecule has 1 rings (SSSR count). The van der Waals surface area contributed by atoms with Gasteiger partial charge in [0, 0.05) is 25.5 Å². The molecule has 1 aromatic carbocycles. The highest BCUT2D eigenvalue weighted by Crippen LogP contribution is 2.33. The highest BCUT2D eigenvalue weighted by molar-refractivity contribution is 7.90. The Labute approximate surface area is 119 Å². The van der Waals surface area contributed by atoms with Crippen molar-refractivity contribution in [1.82, 2.24) is 0 Å². The summed E-state index contributed by atoms with van der Waals surface area (Å²) in [7, 11) is -1.75. The number of carbonyl (C=O) groups is 1. The first-order valence-corrected chi connectivity index (χ1v) is 7.81. The topological polar surface area (TPSA) is 74.7 Å². The zero-order chi connectivity index (χ0) is 16.4. The molecule has 0 amide bonds. The van der Waals surface area contributed by atoms with Gasteiger partial charge in [-0.15, -0.1) is 0 Å². The van der Waals surface area contributed by atoms with E-state index in [1.165, 1.54) is 11.9 Å². The molecule has 9 heteroatoms. The van der Waals surface area contributed by atoms with E-state index in [4.69, 9.17) is 5.11 Å². The van der Waals surface area contributed by atoms with Gasteiger partial charge in [0.1, 0.15) is 9.84 Å². The number of halogens is 3. The lowest BCUT2D eigenvalue weighted by Gasteiger charge is -2.20. The number of benzene rings is 1. The second-order valence-electron chi connectivity index (χ2n) is 4.58. The lowest BCUT2D eigenvalue weighted by atomic mass is 10.1. The third-order valence-corrected chi connectivity index (χ3v) is 3.70. The number of sulfone groups is 1. The number of nitrogens with zero attached hydrogens (tertiary/aromatic N) is 1. The van der Waals surface area contributed by atoms with Crippen molar-refractivity contribution in [2.45, 2.75) is 6.18 Å². The number of anilines is 1. The first-order valence-electron chi connectivity index (χ1n) is 5.75. The first-order chi connectivity index (χ1) is 9.42. The van der Waals surface area contributed by atoms with Crippen LogP contribution in [0.1, 0.15) is 15.9 Å². The third-order valence-electron chi connectivity index (χ3n) is 2.78. The van der Waals surface area contributed by atoms with E-state index >= 15 is 0 Å². The molecule has 0 atom stereocenters. The number of carboxylic acids is 1. The summed E-state index contributed by atoms with van der Waals surface area (Å²) < 4.78 is 60.2. The SMILES string of the molecule is CN(CCS(C)(=O)=O)c1ccc(C(F)(F)F)c(C(=O)O)c1. The maximum Gasteiger partial charge on any atom is 0.417 e. The second kappa shape index (κ2) is 5.92. The van der Waals surface area contributed by atoms with Crippen LogP contribution in [-0.4, -0.2) is 45.1 Å². The van der Waals surface area contributed by atoms with Gasteiger partial charge >= 0.3 is 12.1 Å². The highest BCUT2D eigenvalue weighted by atomic mass is 32.2. The molecule has 0 aliphatic carbocycles. The van der Waals surface area contributed by atoms with Crippen LogP contribution in [0, 0.1) is 0 Å². The zero-order valence-corrected chi connectivity index (χ0v) is 12.1. The summed E-state index contributed by atoms with van der Waals surface area (Å²) in [6, 6.07) is 2.67. The molecule has 0 aliphatic rings. The van der Waals surface area contributed by atoms with Crippen molar-refractivity contribution < 1.29 is 31.5 Å². The minimum Gasteiger partial charge on any atom is -0.478 e. The molecule has 0 radical (unpaired) electrons. The minimum atomic E-state index is -4.77.